The molecule has 1 amide bonds. The summed E-state index contributed by atoms with van der Waals surface area (Å²) >= 11 is 0. The maximum absolute atomic E-state index is 13.6. The first-order valence-electron chi connectivity index (χ1n) is 9.72. The van der Waals surface area contributed by atoms with E-state index in [9.17, 15) is 23.2 Å². The second-order valence-electron chi connectivity index (χ2n) is 7.34. The van der Waals surface area contributed by atoms with Gasteiger partial charge in [0, 0.05) is 51.1 Å². The molecule has 2 aliphatic heterocycles. The highest BCUT2D eigenvalue weighted by Crippen LogP contribution is 2.37. The fourth-order valence-electron chi connectivity index (χ4n) is 3.48. The molecule has 0 aliphatic carbocycles. The highest BCUT2D eigenvalue weighted by Gasteiger charge is 2.37. The molecule has 160 valence electrons. The number of nitrogens with zero attached hydrogens (tertiary/aromatic N) is 5. The third kappa shape index (κ3) is 4.56. The summed E-state index contributed by atoms with van der Waals surface area (Å²) in [5, 5.41) is 9.34. The van der Waals surface area contributed by atoms with Crippen molar-refractivity contribution >= 4 is 23.5 Å². The van der Waals surface area contributed by atoms with Crippen LogP contribution in [0.25, 0.3) is 5.57 Å². The molecular formula is C20H23F3N6O. The van der Waals surface area contributed by atoms with E-state index in [-0.39, 0.29) is 29.0 Å². The van der Waals surface area contributed by atoms with Gasteiger partial charge in [-0.2, -0.15) is 18.4 Å². The van der Waals surface area contributed by atoms with Crippen LogP contribution in [-0.2, 0) is 11.0 Å². The van der Waals surface area contributed by atoms with Crippen LogP contribution in [0.2, 0.25) is 0 Å². The van der Waals surface area contributed by atoms with E-state index in [4.69, 9.17) is 5.73 Å². The molecule has 7 nitrogen and oxygen atoms in total. The highest BCUT2D eigenvalue weighted by atomic mass is 19.4. The lowest BCUT2D eigenvalue weighted by molar-refractivity contribution is -0.137. The highest BCUT2D eigenvalue weighted by molar-refractivity contribution is 6.09. The third-order valence-electron chi connectivity index (χ3n) is 5.38. The number of aromatic nitrogens is 1. The number of halogens is 3. The zero-order valence-electron chi connectivity index (χ0n) is 16.6. The Kier molecular flexibility index (Phi) is 6.29. The van der Waals surface area contributed by atoms with Gasteiger partial charge in [-0.3, -0.25) is 9.79 Å². The lowest BCUT2D eigenvalue weighted by Crippen LogP contribution is -2.38. The van der Waals surface area contributed by atoms with Crippen LogP contribution in [0.4, 0.5) is 19.0 Å². The van der Waals surface area contributed by atoms with Crippen molar-refractivity contribution < 1.29 is 18.0 Å². The van der Waals surface area contributed by atoms with Crippen LogP contribution in [0.5, 0.6) is 0 Å². The molecule has 0 spiro atoms. The van der Waals surface area contributed by atoms with Gasteiger partial charge in [-0.25, -0.2) is 4.98 Å². The number of carbonyl (C=O) groups is 1. The van der Waals surface area contributed by atoms with Crippen LogP contribution in [-0.4, -0.2) is 54.2 Å². The first-order valence-corrected chi connectivity index (χ1v) is 9.72. The Morgan fingerprint density at radius 1 is 1.33 bits per heavy atom. The smallest absolute Gasteiger partial charge is 0.404 e. The molecule has 0 bridgehead atoms. The SMILES string of the molecule is CC(=O)N1CCC(N=C/C(=C\N)c2cc(C(F)(F)F)c(C#N)c(N3CCC3)n2)CC1. The minimum Gasteiger partial charge on any atom is -0.404 e. The van der Waals surface area contributed by atoms with E-state index in [0.717, 1.165) is 12.5 Å². The van der Waals surface area contributed by atoms with Crippen molar-refractivity contribution in [1.29, 1.82) is 5.26 Å². The Labute approximate surface area is 172 Å². The molecular weight excluding hydrogens is 397 g/mol. The summed E-state index contributed by atoms with van der Waals surface area (Å²) in [5.41, 5.74) is 4.45. The Bertz CT molecular complexity index is 906. The number of rotatable bonds is 4. The molecule has 2 aliphatic rings. The molecule has 3 rings (SSSR count). The van der Waals surface area contributed by atoms with Gasteiger partial charge in [0.15, 0.2) is 0 Å². The summed E-state index contributed by atoms with van der Waals surface area (Å²) < 4.78 is 40.8. The van der Waals surface area contributed by atoms with Crippen LogP contribution >= 0.6 is 0 Å². The lowest BCUT2D eigenvalue weighted by atomic mass is 10.0. The first-order chi connectivity index (χ1) is 14.2. The van der Waals surface area contributed by atoms with Crippen molar-refractivity contribution in [2.24, 2.45) is 10.7 Å². The molecule has 10 heteroatoms. The number of aliphatic imine (C=N–C) groups is 1. The van der Waals surface area contributed by atoms with Crippen LogP contribution in [0.3, 0.4) is 0 Å². The summed E-state index contributed by atoms with van der Waals surface area (Å²) in [5.74, 6) is 0.0380. The molecule has 2 fully saturated rings. The number of nitriles is 1. The van der Waals surface area contributed by atoms with Crippen molar-refractivity contribution in [3.05, 3.63) is 29.1 Å². The maximum Gasteiger partial charge on any atom is 0.417 e. The predicted molar refractivity (Wildman–Crippen MR) is 107 cm³/mol. The fourth-order valence-corrected chi connectivity index (χ4v) is 3.48. The average Bonchev–Trinajstić information content (AvgIpc) is 2.66. The first kappa shape index (κ1) is 21.6. The molecule has 0 radical (unpaired) electrons. The van der Waals surface area contributed by atoms with Crippen molar-refractivity contribution in [1.82, 2.24) is 9.88 Å². The molecule has 0 aromatic carbocycles. The number of amides is 1. The zero-order valence-corrected chi connectivity index (χ0v) is 16.6. The number of hydrogen-bond donors (Lipinski definition) is 1. The maximum atomic E-state index is 13.6. The Hall–Kier alpha value is -3.09. The summed E-state index contributed by atoms with van der Waals surface area (Å²) in [6, 6.07) is 2.46. The number of carbonyl (C=O) groups excluding carboxylic acids is 1. The van der Waals surface area contributed by atoms with Gasteiger partial charge in [-0.1, -0.05) is 0 Å². The van der Waals surface area contributed by atoms with Gasteiger partial charge in [0.2, 0.25) is 5.91 Å². The standard InChI is InChI=1S/C20H23F3N6O/c1-13(30)28-7-3-15(4-8-28)26-12-14(10-24)18-9-17(20(21,22)23)16(11-25)19(27-18)29-5-2-6-29/h9-10,12,15H,2-8,24H2,1H3/b14-10+,26-12?. The van der Waals surface area contributed by atoms with Crippen molar-refractivity contribution in [3.8, 4) is 6.07 Å². The number of pyridine rings is 1. The molecule has 0 unspecified atom stereocenters. The molecule has 1 aromatic heterocycles. The van der Waals surface area contributed by atoms with Crippen molar-refractivity contribution in [2.45, 2.75) is 38.4 Å². The number of nitrogens with two attached hydrogens (primary N) is 1. The fraction of sp³-hybridized carbons (Fsp3) is 0.500. The summed E-state index contributed by atoms with van der Waals surface area (Å²) in [6.07, 6.45) is 0.0745. The summed E-state index contributed by atoms with van der Waals surface area (Å²) in [7, 11) is 0. The van der Waals surface area contributed by atoms with Crippen molar-refractivity contribution in [3.63, 3.8) is 0 Å². The second-order valence-corrected chi connectivity index (χ2v) is 7.34. The molecule has 1 aromatic rings. The minimum absolute atomic E-state index is 0.0139. The Morgan fingerprint density at radius 3 is 2.47 bits per heavy atom. The van der Waals surface area contributed by atoms with Crippen molar-refractivity contribution in [2.75, 3.05) is 31.1 Å². The van der Waals surface area contributed by atoms with Gasteiger partial charge in [-0.05, 0) is 25.3 Å². The Morgan fingerprint density at radius 2 is 2.00 bits per heavy atom. The second kappa shape index (κ2) is 8.73. The van der Waals surface area contributed by atoms with E-state index in [1.807, 2.05) is 0 Å². The summed E-state index contributed by atoms with van der Waals surface area (Å²) in [4.78, 5) is 23.6. The van der Waals surface area contributed by atoms with Gasteiger partial charge >= 0.3 is 6.18 Å². The quantitative estimate of drug-likeness (QED) is 0.755. The minimum atomic E-state index is -4.70. The number of hydrogen-bond acceptors (Lipinski definition) is 6. The Balaban J connectivity index is 1.89. The summed E-state index contributed by atoms with van der Waals surface area (Å²) in [6.45, 7) is 3.79. The van der Waals surface area contributed by atoms with E-state index < -0.39 is 17.3 Å². The lowest BCUT2D eigenvalue weighted by Gasteiger charge is -2.33. The predicted octanol–water partition coefficient (Wildman–Crippen LogP) is 2.56. The number of alkyl halides is 3. The number of piperidine rings is 1. The van der Waals surface area contributed by atoms with Gasteiger partial charge in [0.05, 0.1) is 17.3 Å². The van der Waals surface area contributed by atoms with Gasteiger partial charge in [0.25, 0.3) is 0 Å². The van der Waals surface area contributed by atoms with Gasteiger partial charge in [-0.15, -0.1) is 0 Å². The molecule has 30 heavy (non-hydrogen) atoms. The van der Waals surface area contributed by atoms with E-state index in [1.165, 1.54) is 19.3 Å². The number of likely N-dealkylation sites (tertiary alicyclic amines) is 1. The molecule has 0 saturated carbocycles. The van der Waals surface area contributed by atoms with Crippen LogP contribution < -0.4 is 10.6 Å². The number of anilines is 1. The molecule has 3 heterocycles. The number of allylic oxidation sites excluding steroid dienone is 1. The van der Waals surface area contributed by atoms with Gasteiger partial charge < -0.3 is 15.5 Å². The topological polar surface area (TPSA) is 98.6 Å². The normalized spacial score (nSPS) is 18.4. The van der Waals surface area contributed by atoms with Gasteiger partial charge in [0.1, 0.15) is 17.5 Å². The average molecular weight is 420 g/mol. The van der Waals surface area contributed by atoms with Crippen LogP contribution in [0, 0.1) is 11.3 Å². The molecule has 2 N–H and O–H groups in total. The van der Waals surface area contributed by atoms with Crippen LogP contribution in [0.15, 0.2) is 17.3 Å². The van der Waals surface area contributed by atoms with E-state index >= 15 is 0 Å². The van der Waals surface area contributed by atoms with E-state index in [2.05, 4.69) is 9.98 Å². The largest absolute Gasteiger partial charge is 0.417 e. The van der Waals surface area contributed by atoms with E-state index in [1.54, 1.807) is 15.9 Å². The molecule has 0 atom stereocenters. The van der Waals surface area contributed by atoms with Crippen LogP contribution in [0.1, 0.15) is 43.0 Å². The molecule has 2 saturated heterocycles. The third-order valence-corrected chi connectivity index (χ3v) is 5.38. The monoisotopic (exact) mass is 420 g/mol. The van der Waals surface area contributed by atoms with E-state index in [0.29, 0.717) is 39.0 Å². The zero-order chi connectivity index (χ0) is 21.9.